The molecule has 4 amide bonds. The Morgan fingerprint density at radius 1 is 0.840 bits per heavy atom. The fraction of sp³-hybridized carbons (Fsp3) is 0.579. The molecule has 4 bridgehead atoms. The first kappa shape index (κ1) is 34.4. The second-order valence-electron chi connectivity index (χ2n) is 14.8. The predicted octanol–water partition coefficient (Wildman–Crippen LogP) is 1.14. The van der Waals surface area contributed by atoms with E-state index >= 15 is 0 Å². The number of hydrogen-bond donors (Lipinski definition) is 3. The monoisotopic (exact) mass is 685 g/mol. The number of hydrogen-bond acceptors (Lipinski definition) is 8. The van der Waals surface area contributed by atoms with E-state index in [-0.39, 0.29) is 67.4 Å². The highest BCUT2D eigenvalue weighted by atomic mass is 16.5. The lowest BCUT2D eigenvalue weighted by atomic mass is 10.00. The highest BCUT2D eigenvalue weighted by Crippen LogP contribution is 2.30. The van der Waals surface area contributed by atoms with Crippen molar-refractivity contribution in [2.75, 3.05) is 52.9 Å². The number of piperidine rings is 2. The summed E-state index contributed by atoms with van der Waals surface area (Å²) >= 11 is 0. The van der Waals surface area contributed by atoms with Crippen LogP contribution in [0.2, 0.25) is 0 Å². The molecule has 4 saturated heterocycles. The fourth-order valence-corrected chi connectivity index (χ4v) is 8.63. The van der Waals surface area contributed by atoms with Crippen molar-refractivity contribution in [3.8, 4) is 5.75 Å². The van der Waals surface area contributed by atoms with E-state index in [0.717, 1.165) is 62.9 Å². The molecule has 12 nitrogen and oxygen atoms in total. The average molecular weight is 686 g/mol. The molecule has 4 atom stereocenters. The number of amides is 4. The van der Waals surface area contributed by atoms with Gasteiger partial charge in [0.1, 0.15) is 11.8 Å². The van der Waals surface area contributed by atoms with E-state index in [1.165, 1.54) is 0 Å². The number of carbonyl (C=O) groups excluding carboxylic acids is 4. The van der Waals surface area contributed by atoms with Crippen LogP contribution >= 0.6 is 0 Å². The maximum Gasteiger partial charge on any atom is 0.261 e. The second-order valence-corrected chi connectivity index (χ2v) is 14.8. The molecule has 0 aromatic heterocycles. The van der Waals surface area contributed by atoms with Gasteiger partial charge >= 0.3 is 0 Å². The van der Waals surface area contributed by atoms with E-state index in [0.29, 0.717) is 37.8 Å². The third-order valence-corrected chi connectivity index (χ3v) is 11.4. The van der Waals surface area contributed by atoms with E-state index in [2.05, 4.69) is 32.8 Å². The minimum absolute atomic E-state index is 0.0153. The van der Waals surface area contributed by atoms with Crippen LogP contribution in [-0.2, 0) is 32.1 Å². The molecule has 0 radical (unpaired) electrons. The molecule has 2 aromatic rings. The van der Waals surface area contributed by atoms with E-state index in [1.807, 2.05) is 47.4 Å². The number of carbonyl (C=O) groups is 4. The van der Waals surface area contributed by atoms with Gasteiger partial charge in [0, 0.05) is 56.9 Å². The predicted molar refractivity (Wildman–Crippen MR) is 188 cm³/mol. The van der Waals surface area contributed by atoms with Gasteiger partial charge in [-0.25, -0.2) is 0 Å². The fourth-order valence-electron chi connectivity index (χ4n) is 8.63. The SMILES string of the molecule is CN1CCC(N[C@H]2C[C@H]3C(=O)NCc4ccccc4CC(=O)N[C@@H]4C[C@@H](C(=O)N5CCC(CC5)N3C2)N(C(=O)COc2ccccc2)C4)CC1. The second kappa shape index (κ2) is 15.5. The van der Waals surface area contributed by atoms with E-state index in [9.17, 15) is 19.2 Å². The van der Waals surface area contributed by atoms with Crippen LogP contribution in [0.3, 0.4) is 0 Å². The van der Waals surface area contributed by atoms with Gasteiger partial charge in [0.25, 0.3) is 5.91 Å². The molecule has 6 aliphatic rings. The Morgan fingerprint density at radius 2 is 1.56 bits per heavy atom. The van der Waals surface area contributed by atoms with Crippen LogP contribution in [0.1, 0.15) is 49.7 Å². The van der Waals surface area contributed by atoms with Crippen LogP contribution < -0.4 is 20.7 Å². The molecule has 50 heavy (non-hydrogen) atoms. The number of para-hydroxylation sites is 1. The largest absolute Gasteiger partial charge is 0.484 e. The summed E-state index contributed by atoms with van der Waals surface area (Å²) in [7, 11) is 2.17. The van der Waals surface area contributed by atoms with Crippen molar-refractivity contribution >= 4 is 23.6 Å². The van der Waals surface area contributed by atoms with Gasteiger partial charge in [0.2, 0.25) is 17.7 Å². The quantitative estimate of drug-likeness (QED) is 0.428. The molecule has 268 valence electrons. The summed E-state index contributed by atoms with van der Waals surface area (Å²) in [6.07, 6.45) is 4.97. The molecular weight excluding hydrogens is 634 g/mol. The first-order valence-electron chi connectivity index (χ1n) is 18.4. The Hall–Kier alpha value is -4.00. The highest BCUT2D eigenvalue weighted by Gasteiger charge is 2.45. The molecule has 0 spiro atoms. The molecule has 6 heterocycles. The Bertz CT molecular complexity index is 1520. The number of rotatable bonds is 5. The third kappa shape index (κ3) is 7.98. The average Bonchev–Trinajstić information content (AvgIpc) is 3.75. The topological polar surface area (TPSA) is 127 Å². The summed E-state index contributed by atoms with van der Waals surface area (Å²) in [5.41, 5.74) is 1.75. The number of ether oxygens (including phenoxy) is 1. The Morgan fingerprint density at radius 3 is 2.32 bits per heavy atom. The van der Waals surface area contributed by atoms with Gasteiger partial charge in [-0.1, -0.05) is 42.5 Å². The molecule has 12 heteroatoms. The summed E-state index contributed by atoms with van der Waals surface area (Å²) in [5, 5.41) is 10.2. The van der Waals surface area contributed by atoms with Crippen molar-refractivity contribution in [1.82, 2.24) is 35.6 Å². The van der Waals surface area contributed by atoms with Crippen LogP contribution in [0.5, 0.6) is 5.75 Å². The minimum atomic E-state index is -0.677. The zero-order valence-corrected chi connectivity index (χ0v) is 29.1. The van der Waals surface area contributed by atoms with Gasteiger partial charge in [-0.15, -0.1) is 0 Å². The molecule has 2 aromatic carbocycles. The highest BCUT2D eigenvalue weighted by molar-refractivity contribution is 5.89. The lowest BCUT2D eigenvalue weighted by Crippen LogP contribution is -2.55. The summed E-state index contributed by atoms with van der Waals surface area (Å²) in [5.74, 6) is 0.0609. The first-order valence-corrected chi connectivity index (χ1v) is 18.4. The first-order chi connectivity index (χ1) is 24.3. The number of nitrogens with one attached hydrogen (secondary N) is 3. The Balaban J connectivity index is 1.11. The molecule has 6 aliphatic heterocycles. The van der Waals surface area contributed by atoms with Crippen molar-refractivity contribution in [2.45, 2.75) is 87.7 Å². The maximum atomic E-state index is 14.2. The Labute approximate surface area is 294 Å². The van der Waals surface area contributed by atoms with Gasteiger partial charge in [0.05, 0.1) is 12.5 Å². The molecular formula is C38H51N7O5. The van der Waals surface area contributed by atoms with Crippen molar-refractivity contribution < 1.29 is 23.9 Å². The molecule has 0 aliphatic carbocycles. The molecule has 3 N–H and O–H groups in total. The summed E-state index contributed by atoms with van der Waals surface area (Å²) in [6.45, 7) is 4.48. The molecule has 8 rings (SSSR count). The Kier molecular flexibility index (Phi) is 10.7. The van der Waals surface area contributed by atoms with Gasteiger partial charge in [-0.2, -0.15) is 0 Å². The van der Waals surface area contributed by atoms with Crippen LogP contribution in [0.15, 0.2) is 54.6 Å². The van der Waals surface area contributed by atoms with E-state index in [1.54, 1.807) is 17.0 Å². The van der Waals surface area contributed by atoms with Crippen LogP contribution in [0, 0.1) is 0 Å². The third-order valence-electron chi connectivity index (χ3n) is 11.4. The summed E-state index contributed by atoms with van der Waals surface area (Å²) < 4.78 is 5.78. The molecule has 0 unspecified atom stereocenters. The lowest BCUT2D eigenvalue weighted by Gasteiger charge is -2.40. The number of fused-ring (bicyclic) bond motifs is 6. The lowest BCUT2D eigenvalue weighted by molar-refractivity contribution is -0.146. The van der Waals surface area contributed by atoms with Gasteiger partial charge in [0.15, 0.2) is 6.61 Å². The van der Waals surface area contributed by atoms with Crippen LogP contribution in [-0.4, -0.2) is 132 Å². The van der Waals surface area contributed by atoms with Crippen LogP contribution in [0.4, 0.5) is 0 Å². The zero-order valence-electron chi connectivity index (χ0n) is 29.1. The van der Waals surface area contributed by atoms with Crippen LogP contribution in [0.25, 0.3) is 0 Å². The normalized spacial score (nSPS) is 28.7. The van der Waals surface area contributed by atoms with E-state index < -0.39 is 6.04 Å². The van der Waals surface area contributed by atoms with Gasteiger partial charge in [-0.3, -0.25) is 24.1 Å². The minimum Gasteiger partial charge on any atom is -0.484 e. The summed E-state index contributed by atoms with van der Waals surface area (Å²) in [6, 6.07) is 16.4. The molecule has 4 fully saturated rings. The smallest absolute Gasteiger partial charge is 0.261 e. The van der Waals surface area contributed by atoms with Gasteiger partial charge < -0.3 is 35.4 Å². The summed E-state index contributed by atoms with van der Waals surface area (Å²) in [4.78, 5) is 63.3. The zero-order chi connectivity index (χ0) is 34.6. The number of likely N-dealkylation sites (tertiary alicyclic amines) is 2. The van der Waals surface area contributed by atoms with Crippen molar-refractivity contribution in [3.63, 3.8) is 0 Å². The van der Waals surface area contributed by atoms with Gasteiger partial charge in [-0.05, 0) is 81.9 Å². The standard InChI is InChI=1S/C38H51N7O5/c1-42-15-11-28(12-16-42)40-29-20-33-37(48)39-22-27-8-6-5-7-26(27)19-35(46)41-30-21-34(38(49)43-17-13-31(14-18-43)44(33)23-29)45(24-30)36(47)25-50-32-9-3-2-4-10-32/h2-10,28-31,33-34,40H,11-25H2,1H3,(H,39,48)(H,41,46)/t29-,30+,33-,34-/m0/s1. The van der Waals surface area contributed by atoms with Crippen molar-refractivity contribution in [3.05, 3.63) is 65.7 Å². The number of nitrogens with zero attached hydrogens (tertiary/aromatic N) is 4. The molecule has 0 saturated carbocycles. The van der Waals surface area contributed by atoms with Crippen molar-refractivity contribution in [2.24, 2.45) is 0 Å². The van der Waals surface area contributed by atoms with E-state index in [4.69, 9.17) is 4.74 Å². The van der Waals surface area contributed by atoms with Crippen molar-refractivity contribution in [1.29, 1.82) is 0 Å². The maximum absolute atomic E-state index is 14.2. The number of benzene rings is 2.